The first kappa shape index (κ1) is 10.3. The molecule has 2 heterocycles. The molecule has 2 saturated heterocycles. The zero-order valence-corrected chi connectivity index (χ0v) is 9.86. The van der Waals surface area contributed by atoms with Gasteiger partial charge in [0.1, 0.15) is 13.6 Å². The molecule has 4 nitrogen and oxygen atoms in total. The van der Waals surface area contributed by atoms with Gasteiger partial charge in [0, 0.05) is 15.3 Å². The highest BCUT2D eigenvalue weighted by atomic mass is 29.1. The molecular formula is C2H4B4O4Si3. The molecule has 13 heavy (non-hydrogen) atoms. The van der Waals surface area contributed by atoms with Gasteiger partial charge in [0.05, 0.1) is 0 Å². The quantitative estimate of drug-likeness (QED) is 0.411. The Morgan fingerprint density at radius 2 is 1.15 bits per heavy atom. The molecule has 0 spiro atoms. The Kier molecular flexibility index (Phi) is 4.42. The van der Waals surface area contributed by atoms with Gasteiger partial charge in [-0.1, -0.05) is 0 Å². The first-order valence-electron chi connectivity index (χ1n) is 3.75. The van der Waals surface area contributed by atoms with Crippen LogP contribution in [0.4, 0.5) is 0 Å². The van der Waals surface area contributed by atoms with Crippen LogP contribution in [0.5, 0.6) is 0 Å². The van der Waals surface area contributed by atoms with Gasteiger partial charge < -0.3 is 18.6 Å². The minimum atomic E-state index is -0.691. The average molecular weight is 220 g/mol. The Labute approximate surface area is 83.8 Å². The fourth-order valence-corrected chi connectivity index (χ4v) is 10.4. The zero-order chi connectivity index (χ0) is 8.93. The lowest BCUT2D eigenvalue weighted by atomic mass is 10.5. The van der Waals surface area contributed by atoms with E-state index in [9.17, 15) is 0 Å². The van der Waals surface area contributed by atoms with Crippen LogP contribution >= 0.6 is 0 Å². The molecule has 60 valence electrons. The van der Waals surface area contributed by atoms with Crippen molar-refractivity contribution in [1.29, 1.82) is 0 Å². The van der Waals surface area contributed by atoms with Crippen LogP contribution in [0.3, 0.4) is 0 Å². The van der Waals surface area contributed by atoms with Crippen LogP contribution in [0.25, 0.3) is 0 Å². The van der Waals surface area contributed by atoms with E-state index in [0.29, 0.717) is 13.6 Å². The lowest BCUT2D eigenvalue weighted by Crippen LogP contribution is -2.40. The smallest absolute Gasteiger partial charge is 0.297 e. The molecule has 2 rings (SSSR count). The molecular weight excluding hydrogens is 216 g/mol. The third-order valence-electron chi connectivity index (χ3n) is 1.40. The fraction of sp³-hybridized carbons (Fsp3) is 1.00. The van der Waals surface area contributed by atoms with Crippen LogP contribution in [0.1, 0.15) is 0 Å². The van der Waals surface area contributed by atoms with Crippen molar-refractivity contribution in [2.45, 2.75) is 0 Å². The maximum atomic E-state index is 5.10. The number of hydrogen-bond donors (Lipinski definition) is 0. The van der Waals surface area contributed by atoms with Crippen LogP contribution in [0.2, 0.25) is 0 Å². The highest BCUT2D eigenvalue weighted by Crippen LogP contribution is 1.85. The van der Waals surface area contributed by atoms with E-state index in [4.69, 9.17) is 18.6 Å². The van der Waals surface area contributed by atoms with Crippen molar-refractivity contribution < 1.29 is 18.6 Å². The first-order valence-corrected chi connectivity index (χ1v) is 10.1. The summed E-state index contributed by atoms with van der Waals surface area (Å²) in [5.41, 5.74) is 0. The molecule has 0 N–H and O–H groups in total. The molecule has 0 aromatic heterocycles. The molecule has 0 aliphatic carbocycles. The van der Waals surface area contributed by atoms with Gasteiger partial charge in [-0.25, -0.2) is 0 Å². The predicted molar refractivity (Wildman–Crippen MR) is 54.4 cm³/mol. The third-order valence-corrected chi connectivity index (χ3v) is 12.0. The summed E-state index contributed by atoms with van der Waals surface area (Å²) in [6.07, 6.45) is 0. The minimum absolute atomic E-state index is 0.362. The molecule has 0 aromatic carbocycles. The van der Waals surface area contributed by atoms with E-state index in [2.05, 4.69) is 0 Å². The van der Waals surface area contributed by atoms with Crippen LogP contribution in [0.15, 0.2) is 0 Å². The van der Waals surface area contributed by atoms with Crippen LogP contribution in [-0.2, 0) is 18.6 Å². The van der Waals surface area contributed by atoms with E-state index in [-0.39, 0.29) is 0 Å². The Morgan fingerprint density at radius 1 is 0.769 bits per heavy atom. The van der Waals surface area contributed by atoms with Crippen LogP contribution in [-0.4, -0.2) is 64.9 Å². The second kappa shape index (κ2) is 5.59. The number of rotatable bonds is 0. The topological polar surface area (TPSA) is 36.9 Å². The summed E-state index contributed by atoms with van der Waals surface area (Å²) in [7, 11) is 7.10. The third kappa shape index (κ3) is 3.42. The van der Waals surface area contributed by atoms with E-state index in [0.717, 1.165) is 7.71 Å². The van der Waals surface area contributed by atoms with Gasteiger partial charge in [0.25, 0.3) is 28.3 Å². The summed E-state index contributed by atoms with van der Waals surface area (Å²) in [6.45, 7) is 0.725. The zero-order valence-electron chi connectivity index (χ0n) is 6.86. The van der Waals surface area contributed by atoms with Crippen molar-refractivity contribution in [2.24, 2.45) is 0 Å². The van der Waals surface area contributed by atoms with Gasteiger partial charge in [-0.15, -0.1) is 7.71 Å². The Morgan fingerprint density at radius 3 is 1.54 bits per heavy atom. The molecule has 0 amide bonds. The van der Waals surface area contributed by atoms with Crippen LogP contribution < -0.4 is 0 Å². The van der Waals surface area contributed by atoms with Gasteiger partial charge in [0.2, 0.25) is 0 Å². The van der Waals surface area contributed by atoms with Crippen molar-refractivity contribution in [1.82, 2.24) is 0 Å². The molecule has 0 aromatic rings. The van der Waals surface area contributed by atoms with Gasteiger partial charge in [-0.2, -0.15) is 0 Å². The second-order valence-corrected chi connectivity index (χ2v) is 11.9. The van der Waals surface area contributed by atoms with E-state index in [1.165, 1.54) is 0 Å². The predicted octanol–water partition coefficient (Wildman–Crippen LogP) is -2.85. The summed E-state index contributed by atoms with van der Waals surface area (Å²) in [5.74, 6) is 0. The fourth-order valence-electron chi connectivity index (χ4n) is 0.914. The van der Waals surface area contributed by atoms with Gasteiger partial charge >= 0.3 is 0 Å². The molecule has 2 fully saturated rings. The van der Waals surface area contributed by atoms with E-state index >= 15 is 0 Å². The number of hydrogen-bond acceptors (Lipinski definition) is 4. The maximum Gasteiger partial charge on any atom is 0.297 e. The molecule has 4 radical (unpaired) electrons. The minimum Gasteiger partial charge on any atom is -0.421 e. The highest BCUT2D eigenvalue weighted by Gasteiger charge is 2.14. The van der Waals surface area contributed by atoms with Crippen molar-refractivity contribution >= 4 is 51.3 Å². The van der Waals surface area contributed by atoms with Crippen molar-refractivity contribution in [3.05, 3.63) is 0 Å². The lowest BCUT2D eigenvalue weighted by Gasteiger charge is -2.13. The molecule has 11 heteroatoms. The summed E-state index contributed by atoms with van der Waals surface area (Å²) in [4.78, 5) is 0. The van der Waals surface area contributed by atoms with Crippen LogP contribution in [0, 0.1) is 0 Å². The van der Waals surface area contributed by atoms with E-state index in [1.54, 1.807) is 0 Å². The molecule has 0 saturated carbocycles. The highest BCUT2D eigenvalue weighted by molar-refractivity contribution is 7.55. The van der Waals surface area contributed by atoms with E-state index in [1.807, 2.05) is 28.3 Å². The van der Waals surface area contributed by atoms with Gasteiger partial charge in [-0.05, 0) is 0 Å². The second-order valence-electron chi connectivity index (χ2n) is 2.41. The van der Waals surface area contributed by atoms with E-state index < -0.39 is 15.3 Å². The molecule has 2 aliphatic rings. The van der Waals surface area contributed by atoms with Gasteiger partial charge in [-0.3, -0.25) is 0 Å². The summed E-state index contributed by atoms with van der Waals surface area (Å²) >= 11 is 0. The SMILES string of the molecule is [B]1OCO[B][Si]1=[Si]=[Si]1[B]OCO[B]1. The summed E-state index contributed by atoms with van der Waals surface area (Å²) in [5, 5.41) is 0. The lowest BCUT2D eigenvalue weighted by molar-refractivity contribution is 0.132. The summed E-state index contributed by atoms with van der Waals surface area (Å²) in [6, 6.07) is 0. The molecule has 0 atom stereocenters. The normalized spacial score (nSPS) is 21.8. The maximum absolute atomic E-state index is 5.10. The standard InChI is InChI=1S/C2H4B4O4Si3/c1-7-3-12(4-8-1)11-13-5-9-2-10-6-13/h1-2H2. The van der Waals surface area contributed by atoms with Crippen molar-refractivity contribution in [3.8, 4) is 0 Å². The molecule has 0 unspecified atom stereocenters. The van der Waals surface area contributed by atoms with Crippen molar-refractivity contribution in [3.63, 3.8) is 0 Å². The largest absolute Gasteiger partial charge is 0.421 e. The Balaban J connectivity index is 2.04. The van der Waals surface area contributed by atoms with Crippen molar-refractivity contribution in [2.75, 3.05) is 13.6 Å². The summed E-state index contributed by atoms with van der Waals surface area (Å²) < 4.78 is 20.4. The Bertz CT molecular complexity index is 216. The monoisotopic (exact) mass is 220 g/mol. The molecule has 0 bridgehead atoms. The molecule has 2 aliphatic heterocycles. The average Bonchev–Trinajstić information content (AvgIpc) is 2.21. The Hall–Kier alpha value is 0.750. The van der Waals surface area contributed by atoms with Gasteiger partial charge in [0.15, 0.2) is 0 Å². The first-order chi connectivity index (χ1) is 6.45.